The second-order valence-electron chi connectivity index (χ2n) is 14.7. The van der Waals surface area contributed by atoms with Crippen LogP contribution in [0.4, 0.5) is 11.4 Å². The number of para-hydroxylation sites is 2. The number of anilines is 2. The quantitative estimate of drug-likeness (QED) is 0.0447. The Labute approximate surface area is 321 Å². The zero-order chi connectivity index (χ0) is 38.7. The normalized spacial score (nSPS) is 12.3. The van der Waals surface area contributed by atoms with E-state index in [1.165, 1.54) is 11.1 Å². The van der Waals surface area contributed by atoms with Gasteiger partial charge in [-0.15, -0.1) is 0 Å². The van der Waals surface area contributed by atoms with Gasteiger partial charge in [-0.2, -0.15) is 0 Å². The molecule has 4 N–H and O–H groups in total. The van der Waals surface area contributed by atoms with Gasteiger partial charge in [-0.25, -0.2) is 0 Å². The highest BCUT2D eigenvalue weighted by atomic mass is 16.2. The summed E-state index contributed by atoms with van der Waals surface area (Å²) >= 11 is 0. The standard InChI is InChI=1S/C46H58N4O4/c1-33(2)35-21-25-37(26-22-35)43(51)31-41(45(53)49-39-17-11-9-12-18-39)47-29-15-7-5-6-8-16-30-48-42(46(54)50-40-19-13-10-14-20-40)32-44(52)38-27-23-36(24-28-38)34(3)4/h9-14,17-28,33-34,41-42,47-48H,5-8,15-16,29-32H2,1-4H3,(H,49,53)(H,50,54). The summed E-state index contributed by atoms with van der Waals surface area (Å²) in [5.74, 6) is 0.185. The lowest BCUT2D eigenvalue weighted by Crippen LogP contribution is -2.42. The Morgan fingerprint density at radius 1 is 0.444 bits per heavy atom. The van der Waals surface area contributed by atoms with Crippen LogP contribution < -0.4 is 21.3 Å². The van der Waals surface area contributed by atoms with Crippen molar-refractivity contribution < 1.29 is 19.2 Å². The van der Waals surface area contributed by atoms with E-state index in [1.807, 2.05) is 109 Å². The molecule has 0 bridgehead atoms. The smallest absolute Gasteiger partial charge is 0.241 e. The van der Waals surface area contributed by atoms with Crippen LogP contribution in [0.3, 0.4) is 0 Å². The highest BCUT2D eigenvalue weighted by Gasteiger charge is 2.24. The summed E-state index contributed by atoms with van der Waals surface area (Å²) < 4.78 is 0. The maximum Gasteiger partial charge on any atom is 0.241 e. The number of nitrogens with one attached hydrogen (secondary N) is 4. The van der Waals surface area contributed by atoms with Crippen LogP contribution in [0.15, 0.2) is 109 Å². The summed E-state index contributed by atoms with van der Waals surface area (Å²) in [6, 6.07) is 32.6. The van der Waals surface area contributed by atoms with Crippen molar-refractivity contribution in [1.29, 1.82) is 0 Å². The van der Waals surface area contributed by atoms with E-state index in [9.17, 15) is 19.2 Å². The fraction of sp³-hybridized carbons (Fsp3) is 0.391. The minimum atomic E-state index is -0.646. The number of amides is 2. The van der Waals surface area contributed by atoms with Crippen LogP contribution >= 0.6 is 0 Å². The summed E-state index contributed by atoms with van der Waals surface area (Å²) in [7, 11) is 0. The number of carbonyl (C=O) groups is 4. The van der Waals surface area contributed by atoms with Crippen molar-refractivity contribution in [1.82, 2.24) is 10.6 Å². The SMILES string of the molecule is CC(C)c1ccc(C(=O)CC(NCCCCCCCCNC(CC(=O)c2ccc(C(C)C)cc2)C(=O)Nc2ccccc2)C(=O)Nc2ccccc2)cc1. The van der Waals surface area contributed by atoms with Gasteiger partial charge < -0.3 is 21.3 Å². The molecule has 0 aliphatic carbocycles. The fourth-order valence-corrected chi connectivity index (χ4v) is 6.24. The predicted molar refractivity (Wildman–Crippen MR) is 220 cm³/mol. The summed E-state index contributed by atoms with van der Waals surface area (Å²) in [6.07, 6.45) is 5.97. The van der Waals surface area contributed by atoms with Gasteiger partial charge in [0.25, 0.3) is 0 Å². The summed E-state index contributed by atoms with van der Waals surface area (Å²) in [4.78, 5) is 52.9. The third-order valence-corrected chi connectivity index (χ3v) is 9.68. The number of ketones is 2. The number of benzene rings is 4. The summed E-state index contributed by atoms with van der Waals surface area (Å²) in [5, 5.41) is 12.6. The molecule has 0 heterocycles. The van der Waals surface area contributed by atoms with Gasteiger partial charge in [0.1, 0.15) is 0 Å². The number of Topliss-reactive ketones (excluding diaryl/α,β-unsaturated/α-hetero) is 2. The largest absolute Gasteiger partial charge is 0.325 e. The lowest BCUT2D eigenvalue weighted by atomic mass is 9.98. The Balaban J connectivity index is 1.20. The second-order valence-corrected chi connectivity index (χ2v) is 14.7. The molecule has 4 rings (SSSR count). The average molecular weight is 731 g/mol. The van der Waals surface area contributed by atoms with Gasteiger partial charge in [0.05, 0.1) is 12.1 Å². The van der Waals surface area contributed by atoms with Crippen LogP contribution in [0.2, 0.25) is 0 Å². The van der Waals surface area contributed by atoms with Crippen molar-refractivity contribution in [3.05, 3.63) is 131 Å². The molecule has 0 fully saturated rings. The Morgan fingerprint density at radius 2 is 0.778 bits per heavy atom. The van der Waals surface area contributed by atoms with Gasteiger partial charge in [-0.3, -0.25) is 19.2 Å². The van der Waals surface area contributed by atoms with Crippen LogP contribution in [0.25, 0.3) is 0 Å². The van der Waals surface area contributed by atoms with E-state index in [1.54, 1.807) is 0 Å². The third-order valence-electron chi connectivity index (χ3n) is 9.68. The van der Waals surface area contributed by atoms with E-state index in [0.29, 0.717) is 47.4 Å². The molecule has 0 radical (unpaired) electrons. The van der Waals surface area contributed by atoms with Gasteiger partial charge in [-0.05, 0) is 73.2 Å². The van der Waals surface area contributed by atoms with Crippen LogP contribution in [0, 0.1) is 0 Å². The molecule has 8 nitrogen and oxygen atoms in total. The molecule has 286 valence electrons. The second kappa shape index (κ2) is 22.3. The number of hydrogen-bond donors (Lipinski definition) is 4. The molecule has 0 spiro atoms. The summed E-state index contributed by atoms with van der Waals surface area (Å²) in [5.41, 5.74) is 4.96. The minimum absolute atomic E-state index is 0.0657. The van der Waals surface area contributed by atoms with Crippen molar-refractivity contribution in [2.75, 3.05) is 23.7 Å². The van der Waals surface area contributed by atoms with E-state index in [-0.39, 0.29) is 36.2 Å². The van der Waals surface area contributed by atoms with Gasteiger partial charge in [0.2, 0.25) is 11.8 Å². The van der Waals surface area contributed by atoms with Crippen molar-refractivity contribution in [2.24, 2.45) is 0 Å². The molecule has 0 aromatic heterocycles. The molecule has 2 atom stereocenters. The maximum atomic E-state index is 13.3. The van der Waals surface area contributed by atoms with E-state index in [2.05, 4.69) is 49.0 Å². The molecule has 54 heavy (non-hydrogen) atoms. The molecule has 2 unspecified atom stereocenters. The van der Waals surface area contributed by atoms with E-state index >= 15 is 0 Å². The van der Waals surface area contributed by atoms with E-state index < -0.39 is 12.1 Å². The first kappa shape index (κ1) is 41.8. The minimum Gasteiger partial charge on any atom is -0.325 e. The van der Waals surface area contributed by atoms with E-state index in [0.717, 1.165) is 38.5 Å². The van der Waals surface area contributed by atoms with Crippen LogP contribution in [0.1, 0.15) is 123 Å². The number of hydrogen-bond acceptors (Lipinski definition) is 6. The highest BCUT2D eigenvalue weighted by molar-refractivity contribution is 6.03. The average Bonchev–Trinajstić information content (AvgIpc) is 3.18. The fourth-order valence-electron chi connectivity index (χ4n) is 6.24. The lowest BCUT2D eigenvalue weighted by Gasteiger charge is -2.19. The van der Waals surface area contributed by atoms with Gasteiger partial charge in [0.15, 0.2) is 11.6 Å². The Morgan fingerprint density at radius 3 is 1.11 bits per heavy atom. The Hall–Kier alpha value is -4.92. The van der Waals surface area contributed by atoms with Gasteiger partial charge >= 0.3 is 0 Å². The van der Waals surface area contributed by atoms with Crippen molar-refractivity contribution >= 4 is 34.8 Å². The van der Waals surface area contributed by atoms with Gasteiger partial charge in [-0.1, -0.05) is 138 Å². The van der Waals surface area contributed by atoms with Crippen LogP contribution in [0.5, 0.6) is 0 Å². The number of rotatable bonds is 23. The first-order valence-electron chi connectivity index (χ1n) is 19.6. The third kappa shape index (κ3) is 14.1. The van der Waals surface area contributed by atoms with Crippen LogP contribution in [-0.2, 0) is 9.59 Å². The molecule has 4 aromatic carbocycles. The maximum absolute atomic E-state index is 13.3. The van der Waals surface area contributed by atoms with Crippen molar-refractivity contribution in [3.63, 3.8) is 0 Å². The molecule has 8 heteroatoms. The molecule has 2 amide bonds. The topological polar surface area (TPSA) is 116 Å². The monoisotopic (exact) mass is 730 g/mol. The molecular formula is C46H58N4O4. The first-order chi connectivity index (χ1) is 26.1. The number of unbranched alkanes of at least 4 members (excludes halogenated alkanes) is 5. The Bertz CT molecular complexity index is 1610. The zero-order valence-electron chi connectivity index (χ0n) is 32.4. The number of carbonyl (C=O) groups excluding carboxylic acids is 4. The molecular weight excluding hydrogens is 673 g/mol. The highest BCUT2D eigenvalue weighted by Crippen LogP contribution is 2.18. The predicted octanol–water partition coefficient (Wildman–Crippen LogP) is 9.31. The molecule has 0 saturated carbocycles. The first-order valence-corrected chi connectivity index (χ1v) is 19.6. The molecule has 0 aliphatic heterocycles. The summed E-state index contributed by atoms with van der Waals surface area (Å²) in [6.45, 7) is 9.72. The molecule has 0 saturated heterocycles. The lowest BCUT2D eigenvalue weighted by molar-refractivity contribution is -0.118. The van der Waals surface area contributed by atoms with Gasteiger partial charge in [0, 0.05) is 35.3 Å². The van der Waals surface area contributed by atoms with E-state index in [4.69, 9.17) is 0 Å². The van der Waals surface area contributed by atoms with Crippen molar-refractivity contribution in [3.8, 4) is 0 Å². The zero-order valence-corrected chi connectivity index (χ0v) is 32.4. The molecule has 4 aromatic rings. The van der Waals surface area contributed by atoms with Crippen LogP contribution in [-0.4, -0.2) is 48.6 Å². The molecule has 0 aliphatic rings. The van der Waals surface area contributed by atoms with Crippen molar-refractivity contribution in [2.45, 2.75) is 103 Å². The Kier molecular flexibility index (Phi) is 17.3.